The van der Waals surface area contributed by atoms with Crippen molar-refractivity contribution >= 4 is 21.7 Å². The molecule has 46 heavy (non-hydrogen) atoms. The van der Waals surface area contributed by atoms with Gasteiger partial charge in [0.25, 0.3) is 5.91 Å². The Morgan fingerprint density at radius 1 is 1.07 bits per heavy atom. The first-order valence-corrected chi connectivity index (χ1v) is 17.6. The number of carbonyl (C=O) groups is 2. The number of nitrogens with zero attached hydrogens (tertiary/aromatic N) is 2. The maximum Gasteiger partial charge on any atom is 0.419 e. The molecule has 250 valence electrons. The molecule has 2 heterocycles. The number of hydrogen-bond donors (Lipinski definition) is 4. The summed E-state index contributed by atoms with van der Waals surface area (Å²) in [5.74, 6) is -2.63. The Kier molecular flexibility index (Phi) is 9.65. The van der Waals surface area contributed by atoms with Crippen LogP contribution in [0.15, 0.2) is 58.3 Å². The number of rotatable bonds is 13. The number of oxazole rings is 1. The number of H-pyrrole nitrogens is 1. The number of nitrogens with one attached hydrogen (secondary N) is 3. The highest BCUT2D eigenvalue weighted by Crippen LogP contribution is 2.39. The molecule has 1 aromatic carbocycles. The van der Waals surface area contributed by atoms with E-state index in [-0.39, 0.29) is 36.3 Å². The summed E-state index contributed by atoms with van der Waals surface area (Å²) in [4.78, 5) is 45.4. The lowest BCUT2D eigenvalue weighted by Crippen LogP contribution is -2.70. The first kappa shape index (κ1) is 33.6. The summed E-state index contributed by atoms with van der Waals surface area (Å²) in [6.07, 6.45) is 10.0. The minimum absolute atomic E-state index is 0.00795. The van der Waals surface area contributed by atoms with Gasteiger partial charge in [-0.3, -0.25) is 14.2 Å². The van der Waals surface area contributed by atoms with Crippen LogP contribution in [0.2, 0.25) is 0 Å². The Balaban J connectivity index is 1.56. The van der Waals surface area contributed by atoms with Crippen LogP contribution in [0.4, 0.5) is 0 Å². The third-order valence-electron chi connectivity index (χ3n) is 9.09. The minimum atomic E-state index is -4.55. The molecule has 0 bridgehead atoms. The van der Waals surface area contributed by atoms with Crippen LogP contribution in [0.3, 0.4) is 0 Å². The molecule has 0 aliphatic heterocycles. The first-order valence-electron chi connectivity index (χ1n) is 16.1. The Hall–Kier alpha value is -3.71. The number of aromatic amines is 1. The van der Waals surface area contributed by atoms with Gasteiger partial charge in [0.1, 0.15) is 0 Å². The number of aliphatic hydroxyl groups is 1. The van der Waals surface area contributed by atoms with E-state index in [9.17, 15) is 27.9 Å². The van der Waals surface area contributed by atoms with E-state index in [1.54, 1.807) is 0 Å². The van der Waals surface area contributed by atoms with E-state index in [1.807, 2.05) is 30.3 Å². The van der Waals surface area contributed by atoms with E-state index < -0.39 is 49.2 Å². The van der Waals surface area contributed by atoms with Gasteiger partial charge in [0.2, 0.25) is 10.8 Å². The van der Waals surface area contributed by atoms with Crippen molar-refractivity contribution in [3.05, 3.63) is 76.6 Å². The van der Waals surface area contributed by atoms with Gasteiger partial charge < -0.3 is 25.1 Å². The monoisotopic (exact) mass is 655 g/mol. The molecule has 2 fully saturated rings. The van der Waals surface area contributed by atoms with Crippen molar-refractivity contribution < 1.29 is 27.5 Å². The number of hydrogen-bond acceptors (Lipinski definition) is 8. The van der Waals surface area contributed by atoms with Gasteiger partial charge in [0, 0.05) is 37.2 Å². The number of sulfone groups is 1. The molecule has 12 nitrogen and oxygen atoms in total. The van der Waals surface area contributed by atoms with Crippen molar-refractivity contribution in [2.75, 3.05) is 0 Å². The summed E-state index contributed by atoms with van der Waals surface area (Å²) >= 11 is 0. The fourth-order valence-electron chi connectivity index (χ4n) is 6.29. The van der Waals surface area contributed by atoms with Crippen LogP contribution in [0.1, 0.15) is 102 Å². The topological polar surface area (TPSA) is 176 Å². The number of carbonyl (C=O) groups excluding carboxylic acids is 2. The van der Waals surface area contributed by atoms with Gasteiger partial charge in [-0.2, -0.15) is 0 Å². The average Bonchev–Trinajstić information content (AvgIpc) is 3.57. The van der Waals surface area contributed by atoms with E-state index in [0.717, 1.165) is 50.5 Å². The van der Waals surface area contributed by atoms with Crippen LogP contribution in [0.25, 0.3) is 0 Å². The van der Waals surface area contributed by atoms with Crippen LogP contribution in [-0.2, 0) is 38.0 Å². The van der Waals surface area contributed by atoms with Gasteiger partial charge in [0.15, 0.2) is 21.3 Å². The molecule has 2 atom stereocenters. The van der Waals surface area contributed by atoms with Gasteiger partial charge in [-0.25, -0.2) is 18.2 Å². The van der Waals surface area contributed by atoms with Crippen molar-refractivity contribution in [3.63, 3.8) is 0 Å². The van der Waals surface area contributed by atoms with E-state index in [4.69, 9.17) is 4.42 Å². The lowest BCUT2D eigenvalue weighted by Gasteiger charge is -2.40. The van der Waals surface area contributed by atoms with Gasteiger partial charge in [-0.15, -0.1) is 0 Å². The number of amides is 2. The summed E-state index contributed by atoms with van der Waals surface area (Å²) in [6.45, 7) is 4.36. The summed E-state index contributed by atoms with van der Waals surface area (Å²) in [5, 5.41) is 17.5. The Morgan fingerprint density at radius 2 is 1.76 bits per heavy atom. The zero-order chi connectivity index (χ0) is 33.2. The van der Waals surface area contributed by atoms with Crippen LogP contribution in [-0.4, -0.2) is 49.5 Å². The number of aromatic nitrogens is 3. The van der Waals surface area contributed by atoms with Gasteiger partial charge in [0.05, 0.1) is 17.3 Å². The van der Waals surface area contributed by atoms with Crippen molar-refractivity contribution in [2.24, 2.45) is 5.92 Å². The van der Waals surface area contributed by atoms with Crippen LogP contribution in [0.5, 0.6) is 0 Å². The first-order chi connectivity index (χ1) is 21.7. The zero-order valence-electron chi connectivity index (χ0n) is 26.8. The normalized spacial score (nSPS) is 18.8. The molecule has 2 unspecified atom stereocenters. The molecule has 0 spiro atoms. The molecule has 2 amide bonds. The second kappa shape index (κ2) is 13.2. The van der Waals surface area contributed by atoms with E-state index in [2.05, 4.69) is 20.6 Å². The lowest BCUT2D eigenvalue weighted by atomic mass is 9.83. The molecule has 0 radical (unpaired) electrons. The molecule has 0 saturated heterocycles. The average molecular weight is 656 g/mol. The third-order valence-corrected chi connectivity index (χ3v) is 12.1. The van der Waals surface area contributed by atoms with Crippen molar-refractivity contribution in [2.45, 2.75) is 113 Å². The molecule has 3 aromatic rings. The number of benzene rings is 1. The molecule has 2 aliphatic carbocycles. The molecular weight excluding hydrogens is 610 g/mol. The Labute approximate surface area is 269 Å². The summed E-state index contributed by atoms with van der Waals surface area (Å²) < 4.78 is 34.5. The van der Waals surface area contributed by atoms with Gasteiger partial charge in [-0.05, 0) is 51.5 Å². The highest BCUT2D eigenvalue weighted by Gasteiger charge is 2.58. The smallest absolute Gasteiger partial charge is 0.408 e. The molecule has 5 rings (SSSR count). The van der Waals surface area contributed by atoms with Gasteiger partial charge in [-0.1, -0.05) is 62.4 Å². The third kappa shape index (κ3) is 7.15. The molecule has 4 N–H and O–H groups in total. The van der Waals surface area contributed by atoms with Crippen molar-refractivity contribution in [3.8, 4) is 0 Å². The second-order valence-electron chi connectivity index (χ2n) is 13.8. The standard InChI is InChI=1S/C33H45N5O7S/c1-31(2,3)46(43,44)33(19-25-20-34-22-35-25,36-28(39)17-14-23-10-6-4-7-11-23)29(40)37-32(42,18-24-12-8-5-9-13-24)27-21-38(26-15-16-26)30(41)45-27/h4,6-7,10-11,20-22,24,26,42H,5,8-9,12-19H2,1-3H3,(H,34,35)(H,36,39)(H,37,40). The molecule has 2 aromatic heterocycles. The van der Waals surface area contributed by atoms with Crippen LogP contribution in [0, 0.1) is 5.92 Å². The van der Waals surface area contributed by atoms with E-state index in [1.165, 1.54) is 44.1 Å². The highest BCUT2D eigenvalue weighted by molar-refractivity contribution is 7.94. The quantitative estimate of drug-likeness (QED) is 0.202. The zero-order valence-corrected chi connectivity index (χ0v) is 27.6. The Morgan fingerprint density at radius 3 is 2.37 bits per heavy atom. The number of aryl methyl sites for hydroxylation is 1. The molecule has 2 aliphatic rings. The molecule has 2 saturated carbocycles. The maximum absolute atomic E-state index is 14.7. The molecule has 13 heteroatoms. The van der Waals surface area contributed by atoms with E-state index in [0.29, 0.717) is 6.42 Å². The summed E-state index contributed by atoms with van der Waals surface area (Å²) in [5.41, 5.74) is -1.06. The predicted molar refractivity (Wildman–Crippen MR) is 171 cm³/mol. The Bertz CT molecular complexity index is 1670. The lowest BCUT2D eigenvalue weighted by molar-refractivity contribution is -0.139. The number of imidazole rings is 1. The van der Waals surface area contributed by atoms with Crippen LogP contribution < -0.4 is 16.4 Å². The molecular formula is C33H45N5O7S. The van der Waals surface area contributed by atoms with E-state index >= 15 is 0 Å². The summed E-state index contributed by atoms with van der Waals surface area (Å²) in [7, 11) is -4.55. The maximum atomic E-state index is 14.7. The largest absolute Gasteiger partial charge is 0.419 e. The highest BCUT2D eigenvalue weighted by atomic mass is 32.2. The van der Waals surface area contributed by atoms with Crippen LogP contribution >= 0.6 is 0 Å². The SMILES string of the molecule is CC(C)(C)S(=O)(=O)C(Cc1cnc[nH]1)(NC(=O)CCc1ccccc1)C(=O)NC(O)(CC1CCCCC1)c1cn(C2CC2)c(=O)o1. The van der Waals surface area contributed by atoms with Crippen molar-refractivity contribution in [1.29, 1.82) is 0 Å². The second-order valence-corrected chi connectivity index (χ2v) is 16.7. The van der Waals surface area contributed by atoms with Gasteiger partial charge >= 0.3 is 5.76 Å². The summed E-state index contributed by atoms with van der Waals surface area (Å²) in [6, 6.07) is 9.20. The fourth-order valence-corrected chi connectivity index (χ4v) is 8.22. The predicted octanol–water partition coefficient (Wildman–Crippen LogP) is 3.63. The minimum Gasteiger partial charge on any atom is -0.408 e. The van der Waals surface area contributed by atoms with Crippen molar-refractivity contribution in [1.82, 2.24) is 25.2 Å². The fraction of sp³-hybridized carbons (Fsp3) is 0.576.